The van der Waals surface area contributed by atoms with Gasteiger partial charge in [-0.15, -0.1) is 0 Å². The van der Waals surface area contributed by atoms with Crippen molar-refractivity contribution in [2.45, 2.75) is 6.54 Å². The van der Waals surface area contributed by atoms with E-state index in [1.54, 1.807) is 4.57 Å². The second kappa shape index (κ2) is 3.94. The van der Waals surface area contributed by atoms with Crippen LogP contribution in [0.4, 0.5) is 0 Å². The summed E-state index contributed by atoms with van der Waals surface area (Å²) in [7, 11) is 0. The van der Waals surface area contributed by atoms with Gasteiger partial charge in [0.2, 0.25) is 5.43 Å². The van der Waals surface area contributed by atoms with Crippen molar-refractivity contribution < 1.29 is 0 Å². The van der Waals surface area contributed by atoms with Crippen molar-refractivity contribution in [3.8, 4) is 0 Å². The monoisotopic (exact) mass is 206 g/mol. The van der Waals surface area contributed by atoms with Crippen molar-refractivity contribution in [2.75, 3.05) is 6.54 Å². The highest BCUT2D eigenvalue weighted by Crippen LogP contribution is 2.07. The molecule has 0 aromatic carbocycles. The SMILES string of the molecule is NCCn1cc(Cl)c(=O)c(Cl)c1. The molecule has 0 atom stereocenters. The van der Waals surface area contributed by atoms with Crippen LogP contribution in [0, 0.1) is 0 Å². The van der Waals surface area contributed by atoms with Gasteiger partial charge in [-0.25, -0.2) is 0 Å². The van der Waals surface area contributed by atoms with E-state index in [2.05, 4.69) is 0 Å². The van der Waals surface area contributed by atoms with Gasteiger partial charge in [-0.1, -0.05) is 23.2 Å². The smallest absolute Gasteiger partial charge is 0.218 e. The summed E-state index contributed by atoms with van der Waals surface area (Å²) < 4.78 is 1.69. The molecule has 3 nitrogen and oxygen atoms in total. The molecule has 0 unspecified atom stereocenters. The topological polar surface area (TPSA) is 48.0 Å². The molecule has 1 heterocycles. The van der Waals surface area contributed by atoms with Crippen LogP contribution in [0.25, 0.3) is 0 Å². The quantitative estimate of drug-likeness (QED) is 0.789. The number of rotatable bonds is 2. The molecule has 0 spiro atoms. The third-order valence-corrected chi connectivity index (χ3v) is 1.92. The zero-order chi connectivity index (χ0) is 9.14. The number of halogens is 2. The van der Waals surface area contributed by atoms with Gasteiger partial charge >= 0.3 is 0 Å². The van der Waals surface area contributed by atoms with Crippen LogP contribution < -0.4 is 11.2 Å². The Bertz CT molecular complexity index is 308. The minimum Gasteiger partial charge on any atom is -0.350 e. The zero-order valence-corrected chi connectivity index (χ0v) is 7.77. The first-order valence-electron chi connectivity index (χ1n) is 3.40. The largest absolute Gasteiger partial charge is 0.350 e. The van der Waals surface area contributed by atoms with E-state index in [0.29, 0.717) is 13.1 Å². The van der Waals surface area contributed by atoms with Gasteiger partial charge in [-0.05, 0) is 0 Å². The molecule has 1 aromatic heterocycles. The zero-order valence-electron chi connectivity index (χ0n) is 6.26. The van der Waals surface area contributed by atoms with Crippen LogP contribution in [0.1, 0.15) is 0 Å². The highest BCUT2D eigenvalue weighted by Gasteiger charge is 2.02. The fourth-order valence-electron chi connectivity index (χ4n) is 0.838. The average molecular weight is 207 g/mol. The molecule has 0 aliphatic carbocycles. The van der Waals surface area contributed by atoms with E-state index in [9.17, 15) is 4.79 Å². The Balaban J connectivity index is 3.13. The molecule has 0 saturated carbocycles. The predicted octanol–water partition coefficient (Wildman–Crippen LogP) is 1.11. The third kappa shape index (κ3) is 2.00. The molecule has 0 radical (unpaired) electrons. The van der Waals surface area contributed by atoms with Gasteiger partial charge < -0.3 is 10.3 Å². The predicted molar refractivity (Wildman–Crippen MR) is 49.8 cm³/mol. The summed E-state index contributed by atoms with van der Waals surface area (Å²) in [5.41, 5.74) is 4.97. The Hall–Kier alpha value is -0.510. The van der Waals surface area contributed by atoms with E-state index in [1.165, 1.54) is 12.4 Å². The summed E-state index contributed by atoms with van der Waals surface area (Å²) in [6.07, 6.45) is 3.03. The number of hydrogen-bond acceptors (Lipinski definition) is 2. The van der Waals surface area contributed by atoms with Gasteiger partial charge in [-0.2, -0.15) is 0 Å². The number of nitrogens with two attached hydrogens (primary N) is 1. The van der Waals surface area contributed by atoms with Crippen molar-refractivity contribution in [3.05, 3.63) is 32.7 Å². The van der Waals surface area contributed by atoms with Crippen molar-refractivity contribution >= 4 is 23.2 Å². The maximum atomic E-state index is 11.0. The van der Waals surface area contributed by atoms with E-state index in [0.717, 1.165) is 0 Å². The molecule has 2 N–H and O–H groups in total. The molecule has 1 rings (SSSR count). The molecule has 1 aromatic rings. The standard InChI is InChI=1S/C7H8Cl2N2O/c8-5-3-11(2-1-10)4-6(9)7(5)12/h3-4H,1-2,10H2. The molecule has 0 saturated heterocycles. The lowest BCUT2D eigenvalue weighted by molar-refractivity contribution is 0.702. The Kier molecular flexibility index (Phi) is 3.14. The van der Waals surface area contributed by atoms with E-state index in [-0.39, 0.29) is 15.5 Å². The van der Waals surface area contributed by atoms with Crippen molar-refractivity contribution in [1.82, 2.24) is 4.57 Å². The molecule has 5 heteroatoms. The van der Waals surface area contributed by atoms with Gasteiger partial charge in [-0.3, -0.25) is 4.79 Å². The van der Waals surface area contributed by atoms with Gasteiger partial charge in [0.05, 0.1) is 0 Å². The van der Waals surface area contributed by atoms with Crippen LogP contribution in [0.2, 0.25) is 10.0 Å². The minimum atomic E-state index is -0.341. The lowest BCUT2D eigenvalue weighted by Gasteiger charge is -2.04. The van der Waals surface area contributed by atoms with Crippen LogP contribution in [0.3, 0.4) is 0 Å². The van der Waals surface area contributed by atoms with Gasteiger partial charge in [0.15, 0.2) is 0 Å². The van der Waals surface area contributed by atoms with Crippen LogP contribution in [-0.4, -0.2) is 11.1 Å². The highest BCUT2D eigenvalue weighted by molar-refractivity contribution is 6.34. The normalized spacial score (nSPS) is 10.2. The average Bonchev–Trinajstić information content (AvgIpc) is 2.01. The van der Waals surface area contributed by atoms with E-state index < -0.39 is 0 Å². The molecular weight excluding hydrogens is 199 g/mol. The molecule has 0 bridgehead atoms. The summed E-state index contributed by atoms with van der Waals surface area (Å²) >= 11 is 11.2. The molecule has 0 fully saturated rings. The van der Waals surface area contributed by atoms with Gasteiger partial charge in [0.1, 0.15) is 10.0 Å². The summed E-state index contributed by atoms with van der Waals surface area (Å²) in [5, 5.41) is 0.243. The first-order chi connectivity index (χ1) is 5.65. The maximum Gasteiger partial charge on any atom is 0.218 e. The molecule has 0 aliphatic rings. The third-order valence-electron chi connectivity index (χ3n) is 1.38. The van der Waals surface area contributed by atoms with Crippen LogP contribution in [-0.2, 0) is 6.54 Å². The first kappa shape index (κ1) is 9.58. The number of pyridine rings is 1. The van der Waals surface area contributed by atoms with E-state index in [1.807, 2.05) is 0 Å². The summed E-state index contributed by atoms with van der Waals surface area (Å²) in [6.45, 7) is 1.08. The van der Waals surface area contributed by atoms with Crippen LogP contribution >= 0.6 is 23.2 Å². The Morgan fingerprint density at radius 1 is 1.33 bits per heavy atom. The second-order valence-electron chi connectivity index (χ2n) is 2.31. The molecule has 0 aliphatic heterocycles. The molecule has 66 valence electrons. The summed E-state index contributed by atoms with van der Waals surface area (Å²) in [5.74, 6) is 0. The van der Waals surface area contributed by atoms with Crippen LogP contribution in [0.5, 0.6) is 0 Å². The van der Waals surface area contributed by atoms with Crippen molar-refractivity contribution in [2.24, 2.45) is 5.73 Å². The first-order valence-corrected chi connectivity index (χ1v) is 4.16. The highest BCUT2D eigenvalue weighted by atomic mass is 35.5. The lowest BCUT2D eigenvalue weighted by atomic mass is 10.4. The molecule has 12 heavy (non-hydrogen) atoms. The van der Waals surface area contributed by atoms with Crippen molar-refractivity contribution in [3.63, 3.8) is 0 Å². The van der Waals surface area contributed by atoms with Gasteiger partial charge in [0, 0.05) is 25.5 Å². The van der Waals surface area contributed by atoms with Gasteiger partial charge in [0.25, 0.3) is 0 Å². The molecule has 0 amide bonds. The van der Waals surface area contributed by atoms with Crippen molar-refractivity contribution in [1.29, 1.82) is 0 Å². The maximum absolute atomic E-state index is 11.0. The van der Waals surface area contributed by atoms with E-state index >= 15 is 0 Å². The summed E-state index contributed by atoms with van der Waals surface area (Å²) in [4.78, 5) is 11.0. The Morgan fingerprint density at radius 2 is 1.83 bits per heavy atom. The summed E-state index contributed by atoms with van der Waals surface area (Å²) in [6, 6.07) is 0. The fraction of sp³-hybridized carbons (Fsp3) is 0.286. The fourth-order valence-corrected chi connectivity index (χ4v) is 1.34. The number of aromatic nitrogens is 1. The molecular formula is C7H8Cl2N2O. The lowest BCUT2D eigenvalue weighted by Crippen LogP contribution is -2.13. The Morgan fingerprint density at radius 3 is 2.25 bits per heavy atom. The number of nitrogens with zero attached hydrogens (tertiary/aromatic N) is 1. The minimum absolute atomic E-state index is 0.121. The number of hydrogen-bond donors (Lipinski definition) is 1. The van der Waals surface area contributed by atoms with Crippen LogP contribution in [0.15, 0.2) is 17.2 Å². The van der Waals surface area contributed by atoms with E-state index in [4.69, 9.17) is 28.9 Å². The Labute approximate surface area is 79.7 Å². The second-order valence-corrected chi connectivity index (χ2v) is 3.12.